The molecule has 0 aliphatic rings. The second-order valence-electron chi connectivity index (χ2n) is 6.24. The number of nitrogens with zero attached hydrogens (tertiary/aromatic N) is 1. The summed E-state index contributed by atoms with van der Waals surface area (Å²) in [4.78, 5) is 12.1. The lowest BCUT2D eigenvalue weighted by molar-refractivity contribution is -0.118. The molecule has 0 fully saturated rings. The van der Waals surface area contributed by atoms with Crippen LogP contribution in [-0.4, -0.2) is 46.4 Å². The first kappa shape index (κ1) is 20.7. The number of carbonyl (C=O) groups is 1. The van der Waals surface area contributed by atoms with E-state index in [1.807, 2.05) is 26.0 Å². The largest absolute Gasteiger partial charge is 0.495 e. The van der Waals surface area contributed by atoms with Crippen LogP contribution in [-0.2, 0) is 14.8 Å². The fourth-order valence-corrected chi connectivity index (χ4v) is 3.38. The predicted octanol–water partition coefficient (Wildman–Crippen LogP) is 2.58. The predicted molar refractivity (Wildman–Crippen MR) is 104 cm³/mol. The van der Waals surface area contributed by atoms with Gasteiger partial charge >= 0.3 is 0 Å². The number of ether oxygens (including phenoxy) is 2. The van der Waals surface area contributed by atoms with Crippen molar-refractivity contribution < 1.29 is 22.7 Å². The molecule has 0 aliphatic heterocycles. The normalized spacial score (nSPS) is 11.3. The van der Waals surface area contributed by atoms with Gasteiger partial charge in [-0.2, -0.15) is 0 Å². The van der Waals surface area contributed by atoms with Gasteiger partial charge in [0, 0.05) is 19.8 Å². The van der Waals surface area contributed by atoms with Gasteiger partial charge in [-0.25, -0.2) is 12.7 Å². The van der Waals surface area contributed by atoms with Gasteiger partial charge in [0.25, 0.3) is 5.91 Å². The number of aryl methyl sites for hydroxylation is 2. The topological polar surface area (TPSA) is 84.9 Å². The molecule has 2 aromatic rings. The first-order valence-corrected chi connectivity index (χ1v) is 9.69. The molecule has 0 saturated heterocycles. The molecule has 2 aromatic carbocycles. The van der Waals surface area contributed by atoms with Gasteiger partial charge in [0.15, 0.2) is 6.61 Å². The Morgan fingerprint density at radius 3 is 2.37 bits per heavy atom. The van der Waals surface area contributed by atoms with Crippen LogP contribution in [0.3, 0.4) is 0 Å². The maximum absolute atomic E-state index is 12.4. The molecule has 1 amide bonds. The molecule has 1 N–H and O–H groups in total. The van der Waals surface area contributed by atoms with Gasteiger partial charge in [0.05, 0.1) is 7.11 Å². The molecular weight excluding hydrogens is 368 g/mol. The Morgan fingerprint density at radius 2 is 1.78 bits per heavy atom. The summed E-state index contributed by atoms with van der Waals surface area (Å²) in [5.74, 6) is 0.401. The van der Waals surface area contributed by atoms with Crippen LogP contribution in [0.2, 0.25) is 0 Å². The molecule has 0 saturated carbocycles. The van der Waals surface area contributed by atoms with E-state index in [4.69, 9.17) is 9.47 Å². The minimum absolute atomic E-state index is 0.0251. The van der Waals surface area contributed by atoms with Crippen molar-refractivity contribution in [2.75, 3.05) is 33.1 Å². The molecule has 0 atom stereocenters. The summed E-state index contributed by atoms with van der Waals surface area (Å²) in [5.41, 5.74) is 2.55. The second-order valence-corrected chi connectivity index (χ2v) is 8.36. The highest BCUT2D eigenvalue weighted by molar-refractivity contribution is 7.89. The van der Waals surface area contributed by atoms with E-state index in [1.54, 1.807) is 12.1 Å². The van der Waals surface area contributed by atoms with Crippen LogP contribution in [0, 0.1) is 13.8 Å². The van der Waals surface area contributed by atoms with Crippen LogP contribution in [0.5, 0.6) is 11.5 Å². The van der Waals surface area contributed by atoms with Crippen LogP contribution >= 0.6 is 0 Å². The fraction of sp³-hybridized carbons (Fsp3) is 0.316. The second kappa shape index (κ2) is 8.41. The van der Waals surface area contributed by atoms with E-state index in [2.05, 4.69) is 5.32 Å². The number of rotatable bonds is 7. The lowest BCUT2D eigenvalue weighted by Crippen LogP contribution is -2.24. The van der Waals surface area contributed by atoms with Gasteiger partial charge in [-0.15, -0.1) is 0 Å². The van der Waals surface area contributed by atoms with Crippen LogP contribution in [0.4, 0.5) is 5.69 Å². The highest BCUT2D eigenvalue weighted by Crippen LogP contribution is 2.28. The fourth-order valence-electron chi connectivity index (χ4n) is 2.30. The molecule has 0 heterocycles. The van der Waals surface area contributed by atoms with E-state index in [0.29, 0.717) is 11.4 Å². The van der Waals surface area contributed by atoms with Gasteiger partial charge < -0.3 is 14.8 Å². The molecule has 0 unspecified atom stereocenters. The third-order valence-electron chi connectivity index (χ3n) is 4.05. The molecule has 0 radical (unpaired) electrons. The number of carbonyl (C=O) groups excluding carboxylic acids is 1. The summed E-state index contributed by atoms with van der Waals surface area (Å²) in [6.45, 7) is 3.77. The third-order valence-corrected chi connectivity index (χ3v) is 5.89. The quantitative estimate of drug-likeness (QED) is 0.783. The zero-order valence-electron chi connectivity index (χ0n) is 16.1. The first-order chi connectivity index (χ1) is 12.6. The average molecular weight is 392 g/mol. The molecular formula is C19H24N2O5S. The zero-order chi connectivity index (χ0) is 20.2. The average Bonchev–Trinajstić information content (AvgIpc) is 2.62. The summed E-state index contributed by atoms with van der Waals surface area (Å²) in [6.07, 6.45) is 0. The third kappa shape index (κ3) is 4.99. The number of nitrogens with one attached hydrogen (secondary N) is 1. The lowest BCUT2D eigenvalue weighted by Gasteiger charge is -2.16. The van der Waals surface area contributed by atoms with Crippen molar-refractivity contribution in [2.45, 2.75) is 18.7 Å². The Balaban J connectivity index is 2.12. The van der Waals surface area contributed by atoms with Gasteiger partial charge in [-0.05, 0) is 55.3 Å². The molecule has 0 bridgehead atoms. The minimum Gasteiger partial charge on any atom is -0.495 e. The van der Waals surface area contributed by atoms with Crippen LogP contribution in [0.15, 0.2) is 41.3 Å². The molecule has 0 aromatic heterocycles. The van der Waals surface area contributed by atoms with Crippen LogP contribution in [0.25, 0.3) is 0 Å². The zero-order valence-corrected chi connectivity index (χ0v) is 16.9. The van der Waals surface area contributed by atoms with Gasteiger partial charge in [0.1, 0.15) is 16.4 Å². The van der Waals surface area contributed by atoms with E-state index in [-0.39, 0.29) is 17.3 Å². The Bertz CT molecular complexity index is 939. The van der Waals surface area contributed by atoms with E-state index in [0.717, 1.165) is 15.4 Å². The van der Waals surface area contributed by atoms with E-state index in [1.165, 1.54) is 33.3 Å². The van der Waals surface area contributed by atoms with E-state index < -0.39 is 15.9 Å². The number of hydrogen-bond acceptors (Lipinski definition) is 5. The van der Waals surface area contributed by atoms with Crippen molar-refractivity contribution >= 4 is 21.6 Å². The molecule has 0 aliphatic carbocycles. The summed E-state index contributed by atoms with van der Waals surface area (Å²) < 4.78 is 36.6. The summed E-state index contributed by atoms with van der Waals surface area (Å²) in [5, 5.41) is 2.64. The molecule has 8 heteroatoms. The van der Waals surface area contributed by atoms with E-state index >= 15 is 0 Å². The van der Waals surface area contributed by atoms with E-state index in [9.17, 15) is 13.2 Å². The Kier molecular flexibility index (Phi) is 6.45. The monoisotopic (exact) mass is 392 g/mol. The van der Waals surface area contributed by atoms with Crippen molar-refractivity contribution in [3.05, 3.63) is 47.5 Å². The highest BCUT2D eigenvalue weighted by Gasteiger charge is 2.23. The number of anilines is 1. The first-order valence-electron chi connectivity index (χ1n) is 8.25. The van der Waals surface area contributed by atoms with Crippen molar-refractivity contribution in [1.29, 1.82) is 0 Å². The summed E-state index contributed by atoms with van der Waals surface area (Å²) >= 11 is 0. The summed E-state index contributed by atoms with van der Waals surface area (Å²) in [7, 11) is 0.528. The molecule has 0 spiro atoms. The maximum atomic E-state index is 12.4. The number of sulfonamides is 1. The molecule has 7 nitrogen and oxygen atoms in total. The van der Waals surface area contributed by atoms with Crippen molar-refractivity contribution in [3.8, 4) is 11.5 Å². The maximum Gasteiger partial charge on any atom is 0.262 e. The van der Waals surface area contributed by atoms with Gasteiger partial charge in [0.2, 0.25) is 10.0 Å². The number of hydrogen-bond donors (Lipinski definition) is 1. The number of benzene rings is 2. The molecule has 146 valence electrons. The van der Waals surface area contributed by atoms with Crippen LogP contribution in [0.1, 0.15) is 11.1 Å². The Morgan fingerprint density at radius 1 is 1.07 bits per heavy atom. The molecule has 27 heavy (non-hydrogen) atoms. The smallest absolute Gasteiger partial charge is 0.262 e. The summed E-state index contributed by atoms with van der Waals surface area (Å²) in [6, 6.07) is 10.0. The number of methoxy groups -OCH3 is 1. The standard InChI is InChI=1S/C19H24N2O5S/c1-13-6-8-16(10-14(13)2)26-12-19(22)20-15-7-9-17(25-5)18(11-15)27(23,24)21(3)4/h6-11H,12H2,1-5H3,(H,20,22). The van der Waals surface area contributed by atoms with Crippen molar-refractivity contribution in [1.82, 2.24) is 4.31 Å². The molecule has 2 rings (SSSR count). The van der Waals surface area contributed by atoms with Crippen molar-refractivity contribution in [2.24, 2.45) is 0 Å². The number of amides is 1. The minimum atomic E-state index is -3.72. The highest BCUT2D eigenvalue weighted by atomic mass is 32.2. The lowest BCUT2D eigenvalue weighted by atomic mass is 10.1. The van der Waals surface area contributed by atoms with Crippen LogP contribution < -0.4 is 14.8 Å². The van der Waals surface area contributed by atoms with Gasteiger partial charge in [-0.1, -0.05) is 6.07 Å². The Labute approximate surface area is 160 Å². The Hall–Kier alpha value is -2.58. The van der Waals surface area contributed by atoms with Gasteiger partial charge in [-0.3, -0.25) is 4.79 Å². The SMILES string of the molecule is COc1ccc(NC(=O)COc2ccc(C)c(C)c2)cc1S(=O)(=O)N(C)C. The van der Waals surface area contributed by atoms with Crippen molar-refractivity contribution in [3.63, 3.8) is 0 Å².